The molecule has 0 saturated heterocycles. The van der Waals surface area contributed by atoms with Crippen molar-refractivity contribution in [1.29, 1.82) is 5.41 Å². The van der Waals surface area contributed by atoms with Crippen LogP contribution in [-0.2, 0) is 6.54 Å². The van der Waals surface area contributed by atoms with Gasteiger partial charge >= 0.3 is 0 Å². The molecule has 0 aliphatic carbocycles. The van der Waals surface area contributed by atoms with E-state index in [2.05, 4.69) is 90.7 Å². The highest BCUT2D eigenvalue weighted by Gasteiger charge is 2.34. The zero-order valence-corrected chi connectivity index (χ0v) is 22.7. The van der Waals surface area contributed by atoms with Crippen molar-refractivity contribution in [3.05, 3.63) is 102 Å². The smallest absolute Gasteiger partial charge is 0.271 e. The molecule has 1 aliphatic rings. The molecule has 0 bridgehead atoms. The summed E-state index contributed by atoms with van der Waals surface area (Å²) in [5, 5.41) is 8.94. The summed E-state index contributed by atoms with van der Waals surface area (Å²) in [6.07, 6.45) is 8.87. The molecule has 4 aromatic rings. The Morgan fingerprint density at radius 1 is 0.846 bits per heavy atom. The number of nitrogens with zero attached hydrogens (tertiary/aromatic N) is 3. The van der Waals surface area contributed by atoms with Gasteiger partial charge in [0.2, 0.25) is 12.2 Å². The van der Waals surface area contributed by atoms with Crippen LogP contribution in [0.15, 0.2) is 89.9 Å². The van der Waals surface area contributed by atoms with Gasteiger partial charge in [0, 0.05) is 24.3 Å². The summed E-state index contributed by atoms with van der Waals surface area (Å²) in [7, 11) is 0. The summed E-state index contributed by atoms with van der Waals surface area (Å²) in [5.41, 5.74) is 7.18. The van der Waals surface area contributed by atoms with Gasteiger partial charge in [-0.1, -0.05) is 122 Å². The molecule has 0 radical (unpaired) electrons. The molecule has 2 heterocycles. The molecule has 0 fully saturated rings. The van der Waals surface area contributed by atoms with Gasteiger partial charge in [-0.3, -0.25) is 0 Å². The van der Waals surface area contributed by atoms with Crippen LogP contribution < -0.4 is 0 Å². The van der Waals surface area contributed by atoms with Crippen LogP contribution in [0.25, 0.3) is 22.4 Å². The summed E-state index contributed by atoms with van der Waals surface area (Å²) in [6.45, 7) is 6.87. The Hall–Kier alpha value is -4.49. The number of aromatic nitrogens is 1. The molecule has 1 N–H and O–H groups in total. The average molecular weight is 512 g/mol. The zero-order chi connectivity index (χ0) is 27.0. The van der Waals surface area contributed by atoms with Crippen LogP contribution in [0.1, 0.15) is 62.1 Å². The fourth-order valence-electron chi connectivity index (χ4n) is 5.14. The second-order valence-electron chi connectivity index (χ2n) is 9.97. The van der Waals surface area contributed by atoms with Crippen molar-refractivity contribution in [3.63, 3.8) is 0 Å². The van der Waals surface area contributed by atoms with Crippen molar-refractivity contribution in [2.45, 2.75) is 52.0 Å². The van der Waals surface area contributed by atoms with Gasteiger partial charge in [0.15, 0.2) is 0 Å². The first-order valence-corrected chi connectivity index (χ1v) is 13.9. The van der Waals surface area contributed by atoms with Crippen molar-refractivity contribution < 1.29 is 4.58 Å². The fraction of sp³-hybridized carbons (Fsp3) is 0.229. The highest BCUT2D eigenvalue weighted by Crippen LogP contribution is 2.44. The Morgan fingerprint density at radius 2 is 1.56 bits per heavy atom. The topological polar surface area (TPSA) is 44.1 Å². The molecule has 0 spiro atoms. The van der Waals surface area contributed by atoms with Crippen molar-refractivity contribution in [2.75, 3.05) is 0 Å². The molecule has 4 heteroatoms. The van der Waals surface area contributed by atoms with E-state index in [1.165, 1.54) is 30.3 Å². The van der Waals surface area contributed by atoms with E-state index in [0.29, 0.717) is 12.4 Å². The maximum absolute atomic E-state index is 8.94. The predicted molar refractivity (Wildman–Crippen MR) is 163 cm³/mol. The first-order valence-electron chi connectivity index (χ1n) is 13.9. The van der Waals surface area contributed by atoms with Crippen LogP contribution in [0.4, 0.5) is 5.82 Å². The lowest BCUT2D eigenvalue weighted by atomic mass is 9.96. The third kappa shape index (κ3) is 5.84. The minimum absolute atomic E-state index is 0.341. The lowest BCUT2D eigenvalue weighted by Gasteiger charge is -2.13. The van der Waals surface area contributed by atoms with Gasteiger partial charge < -0.3 is 4.57 Å². The lowest BCUT2D eigenvalue weighted by Crippen LogP contribution is -2.21. The average Bonchev–Trinajstić information content (AvgIpc) is 3.30. The number of nitrogens with one attached hydrogen (secondary N) is 1. The van der Waals surface area contributed by atoms with Crippen LogP contribution in [-0.4, -0.2) is 28.0 Å². The summed E-state index contributed by atoms with van der Waals surface area (Å²) in [6, 6.07) is 29.2. The highest BCUT2D eigenvalue weighted by molar-refractivity contribution is 6.10. The quantitative estimate of drug-likeness (QED) is 0.133. The van der Waals surface area contributed by atoms with Gasteiger partial charge in [-0.15, -0.1) is 0 Å². The molecule has 194 valence electrons. The van der Waals surface area contributed by atoms with E-state index in [-0.39, 0.29) is 0 Å². The van der Waals surface area contributed by atoms with E-state index in [1.54, 1.807) is 6.34 Å². The molecule has 0 unspecified atom stereocenters. The Labute approximate surface area is 231 Å². The largest absolute Gasteiger partial charge is 0.306 e. The maximum Gasteiger partial charge on any atom is 0.271 e. The van der Waals surface area contributed by atoms with E-state index < -0.39 is 0 Å². The van der Waals surface area contributed by atoms with Crippen LogP contribution in [0.3, 0.4) is 0 Å². The molecule has 1 aromatic heterocycles. The van der Waals surface area contributed by atoms with Crippen LogP contribution >= 0.6 is 0 Å². The SMILES string of the molecule is C=[N+]1C=Nc2c(c(-c3ccccc3)c(-c3ccccc3)n2Cc2cccc(C#CCCCCCCC)c2)C1=N. The summed E-state index contributed by atoms with van der Waals surface area (Å²) >= 11 is 0. The van der Waals surface area contributed by atoms with E-state index in [1.807, 2.05) is 24.3 Å². The van der Waals surface area contributed by atoms with Crippen molar-refractivity contribution in [1.82, 2.24) is 4.57 Å². The zero-order valence-electron chi connectivity index (χ0n) is 22.7. The number of benzene rings is 3. The van der Waals surface area contributed by atoms with Crippen molar-refractivity contribution in [2.24, 2.45) is 4.99 Å². The molecule has 3 aromatic carbocycles. The van der Waals surface area contributed by atoms with Crippen LogP contribution in [0.5, 0.6) is 0 Å². The van der Waals surface area contributed by atoms with E-state index >= 15 is 0 Å². The number of unbranched alkanes of at least 4 members (excludes halogenated alkanes) is 5. The second kappa shape index (κ2) is 12.4. The number of hydrogen-bond donors (Lipinski definition) is 1. The first kappa shape index (κ1) is 26.1. The molecule has 0 atom stereocenters. The van der Waals surface area contributed by atoms with E-state index in [9.17, 15) is 0 Å². The normalized spacial score (nSPS) is 12.2. The molecular formula is C35H35N4+. The van der Waals surface area contributed by atoms with E-state index in [4.69, 9.17) is 10.4 Å². The van der Waals surface area contributed by atoms with Gasteiger partial charge in [0.1, 0.15) is 5.56 Å². The Bertz CT molecular complexity index is 1560. The van der Waals surface area contributed by atoms with Crippen LogP contribution in [0, 0.1) is 17.3 Å². The number of aliphatic imine (C=N–C) groups is 1. The Balaban J connectivity index is 1.56. The van der Waals surface area contributed by atoms with Crippen LogP contribution in [0.2, 0.25) is 0 Å². The summed E-state index contributed by atoms with van der Waals surface area (Å²) in [5.74, 6) is 7.87. The number of hydrogen-bond acceptors (Lipinski definition) is 2. The Morgan fingerprint density at radius 3 is 2.31 bits per heavy atom. The number of fused-ring (bicyclic) bond motifs is 1. The summed E-state index contributed by atoms with van der Waals surface area (Å²) in [4.78, 5) is 4.80. The molecule has 0 saturated carbocycles. The van der Waals surface area contributed by atoms with Crippen molar-refractivity contribution >= 4 is 24.7 Å². The van der Waals surface area contributed by atoms with Gasteiger partial charge in [-0.2, -0.15) is 5.41 Å². The molecule has 1 aliphatic heterocycles. The number of amidine groups is 1. The molecule has 39 heavy (non-hydrogen) atoms. The third-order valence-electron chi connectivity index (χ3n) is 7.09. The second-order valence-corrected chi connectivity index (χ2v) is 9.97. The minimum atomic E-state index is 0.341. The third-order valence-corrected chi connectivity index (χ3v) is 7.09. The minimum Gasteiger partial charge on any atom is -0.306 e. The highest BCUT2D eigenvalue weighted by atomic mass is 15.2. The number of rotatable bonds is 9. The molecule has 4 nitrogen and oxygen atoms in total. The molecule has 5 rings (SSSR count). The first-order chi connectivity index (χ1) is 19.2. The molecular weight excluding hydrogens is 476 g/mol. The fourth-order valence-corrected chi connectivity index (χ4v) is 5.14. The Kier molecular flexibility index (Phi) is 8.29. The van der Waals surface area contributed by atoms with Crippen molar-refractivity contribution in [3.8, 4) is 34.2 Å². The van der Waals surface area contributed by atoms with Gasteiger partial charge in [-0.05, 0) is 35.2 Å². The predicted octanol–water partition coefficient (Wildman–Crippen LogP) is 8.29. The maximum atomic E-state index is 8.94. The molecule has 0 amide bonds. The van der Waals surface area contributed by atoms with Gasteiger partial charge in [0.05, 0.1) is 12.2 Å². The monoisotopic (exact) mass is 511 g/mol. The summed E-state index contributed by atoms with van der Waals surface area (Å²) < 4.78 is 3.78. The standard InChI is InChI=1S/C35H35N4/c1-3-4-5-6-7-8-11-17-27-18-16-19-28(24-27)25-39-33(30-22-14-10-15-23-30)31(29-20-12-9-13-21-29)32-34(36)38(2)26-37-35(32)39/h9-10,12-16,18-24,26,36H,2-8,25H2,1H3/q+1. The lowest BCUT2D eigenvalue weighted by molar-refractivity contribution is -0.246. The van der Waals surface area contributed by atoms with E-state index in [0.717, 1.165) is 57.7 Å². The van der Waals surface area contributed by atoms with Gasteiger partial charge in [-0.25, -0.2) is 4.58 Å². The van der Waals surface area contributed by atoms with Gasteiger partial charge in [0.25, 0.3) is 5.84 Å².